The largest absolute Gasteiger partial charge is 0.481 e. The molecule has 2 N–H and O–H groups in total. The second-order valence-corrected chi connectivity index (χ2v) is 3.86. The molecule has 6 heteroatoms. The van der Waals surface area contributed by atoms with E-state index in [4.69, 9.17) is 11.5 Å². The zero-order valence-electron chi connectivity index (χ0n) is 10.4. The number of aryl methyl sites for hydroxylation is 1. The number of hydrogen-bond acceptors (Lipinski definition) is 3. The van der Waals surface area contributed by atoms with Gasteiger partial charge in [0.15, 0.2) is 0 Å². The minimum absolute atomic E-state index is 0.0357. The lowest BCUT2D eigenvalue weighted by Crippen LogP contribution is -2.28. The van der Waals surface area contributed by atoms with Crippen molar-refractivity contribution in [2.24, 2.45) is 0 Å². The number of aromatic nitrogens is 2. The number of nitrogens with one attached hydrogen (secondary N) is 1. The molecule has 0 aliphatic heterocycles. The third-order valence-corrected chi connectivity index (χ3v) is 2.54. The lowest BCUT2D eigenvalue weighted by atomic mass is 10.1. The molecule has 6 nitrogen and oxygen atoms in total. The van der Waals surface area contributed by atoms with E-state index in [0.29, 0.717) is 17.0 Å². The molecule has 0 atom stereocenters. The van der Waals surface area contributed by atoms with Gasteiger partial charge in [0, 0.05) is 11.3 Å². The van der Waals surface area contributed by atoms with Crippen LogP contribution in [0.15, 0.2) is 0 Å². The summed E-state index contributed by atoms with van der Waals surface area (Å²) in [5.41, 5.74) is 1.96. The van der Waals surface area contributed by atoms with Crippen molar-refractivity contribution in [1.82, 2.24) is 15.1 Å². The Kier molecular flexibility index (Phi) is 4.49. The van der Waals surface area contributed by atoms with Crippen molar-refractivity contribution in [3.05, 3.63) is 17.0 Å². The van der Waals surface area contributed by atoms with Gasteiger partial charge in [-0.2, -0.15) is 5.10 Å². The van der Waals surface area contributed by atoms with Crippen LogP contribution in [0.3, 0.4) is 0 Å². The molecule has 1 aromatic heterocycles. The van der Waals surface area contributed by atoms with Gasteiger partial charge in [0.2, 0.25) is 5.91 Å². The summed E-state index contributed by atoms with van der Waals surface area (Å²) in [6, 6.07) is 0. The number of hydrogen-bond donors (Lipinski definition) is 2. The van der Waals surface area contributed by atoms with Crippen molar-refractivity contribution in [3.8, 4) is 12.3 Å². The quantitative estimate of drug-likeness (QED) is 0.712. The predicted octanol–water partition coefficient (Wildman–Crippen LogP) is -0.124. The molecule has 1 heterocycles. The van der Waals surface area contributed by atoms with Crippen LogP contribution in [-0.2, 0) is 22.6 Å². The monoisotopic (exact) mass is 249 g/mol. The number of aliphatic carboxylic acids is 1. The maximum atomic E-state index is 11.5. The fourth-order valence-corrected chi connectivity index (χ4v) is 1.64. The molecule has 18 heavy (non-hydrogen) atoms. The van der Waals surface area contributed by atoms with Crippen molar-refractivity contribution < 1.29 is 14.7 Å². The highest BCUT2D eigenvalue weighted by atomic mass is 16.4. The number of terminal acetylenes is 1. The highest BCUT2D eigenvalue weighted by molar-refractivity contribution is 5.76. The Morgan fingerprint density at radius 2 is 2.17 bits per heavy atom. The Balaban J connectivity index is 2.82. The molecule has 0 unspecified atom stereocenters. The molecule has 0 fully saturated rings. The van der Waals surface area contributed by atoms with Gasteiger partial charge in [-0.05, 0) is 13.8 Å². The van der Waals surface area contributed by atoms with Crippen molar-refractivity contribution in [3.63, 3.8) is 0 Å². The number of rotatable bonds is 5. The van der Waals surface area contributed by atoms with Gasteiger partial charge in [-0.1, -0.05) is 5.92 Å². The summed E-state index contributed by atoms with van der Waals surface area (Å²) in [4.78, 5) is 22.2. The highest BCUT2D eigenvalue weighted by Crippen LogP contribution is 2.13. The van der Waals surface area contributed by atoms with Crippen LogP contribution in [0.25, 0.3) is 0 Å². The number of carboxylic acids is 1. The van der Waals surface area contributed by atoms with Crippen LogP contribution in [0.5, 0.6) is 0 Å². The van der Waals surface area contributed by atoms with Crippen LogP contribution in [0.2, 0.25) is 0 Å². The van der Waals surface area contributed by atoms with Gasteiger partial charge < -0.3 is 10.4 Å². The van der Waals surface area contributed by atoms with Crippen LogP contribution in [-0.4, -0.2) is 33.3 Å². The zero-order valence-corrected chi connectivity index (χ0v) is 10.4. The summed E-state index contributed by atoms with van der Waals surface area (Å²) in [5, 5.41) is 15.5. The number of nitrogens with zero attached hydrogens (tertiary/aromatic N) is 2. The number of carboxylic acid groups (broad SMARTS) is 1. The van der Waals surface area contributed by atoms with Gasteiger partial charge in [-0.25, -0.2) is 0 Å². The van der Waals surface area contributed by atoms with E-state index in [0.717, 1.165) is 0 Å². The van der Waals surface area contributed by atoms with Gasteiger partial charge in [0.05, 0.1) is 18.7 Å². The molecule has 0 saturated heterocycles. The van der Waals surface area contributed by atoms with E-state index in [1.165, 1.54) is 4.68 Å². The van der Waals surface area contributed by atoms with E-state index in [1.54, 1.807) is 13.8 Å². The number of carbonyl (C=O) groups excluding carboxylic acids is 1. The van der Waals surface area contributed by atoms with Gasteiger partial charge in [0.25, 0.3) is 0 Å². The fourth-order valence-electron chi connectivity index (χ4n) is 1.64. The highest BCUT2D eigenvalue weighted by Gasteiger charge is 2.15. The summed E-state index contributed by atoms with van der Waals surface area (Å²) in [5.74, 6) is 1.13. The molecule has 0 spiro atoms. The molecule has 1 rings (SSSR count). The molecule has 0 aliphatic rings. The first kappa shape index (κ1) is 13.8. The molecule has 96 valence electrons. The first-order valence-corrected chi connectivity index (χ1v) is 5.40. The maximum Gasteiger partial charge on any atom is 0.307 e. The van der Waals surface area contributed by atoms with Gasteiger partial charge in [0.1, 0.15) is 6.54 Å². The standard InChI is InChI=1S/C12H15N3O3/c1-4-5-13-11(16)7-15-9(3)10(6-12(17)18)8(2)14-15/h1H,5-7H2,2-3H3,(H,13,16)(H,17,18). The first-order valence-electron chi connectivity index (χ1n) is 5.40. The molecular weight excluding hydrogens is 234 g/mol. The molecule has 0 radical (unpaired) electrons. The molecular formula is C12H15N3O3. The number of carbonyl (C=O) groups is 2. The average molecular weight is 249 g/mol. The first-order chi connectivity index (χ1) is 8.45. The van der Waals surface area contributed by atoms with Crippen LogP contribution >= 0.6 is 0 Å². The predicted molar refractivity (Wildman–Crippen MR) is 64.9 cm³/mol. The summed E-state index contributed by atoms with van der Waals surface area (Å²) in [6.07, 6.45) is 4.94. The third kappa shape index (κ3) is 3.35. The zero-order chi connectivity index (χ0) is 13.7. The van der Waals surface area contributed by atoms with E-state index in [2.05, 4.69) is 16.3 Å². The van der Waals surface area contributed by atoms with E-state index >= 15 is 0 Å². The molecule has 1 amide bonds. The minimum atomic E-state index is -0.919. The fraction of sp³-hybridized carbons (Fsp3) is 0.417. The normalized spacial score (nSPS) is 9.83. The van der Waals surface area contributed by atoms with E-state index in [-0.39, 0.29) is 25.4 Å². The van der Waals surface area contributed by atoms with Crippen molar-refractivity contribution in [2.45, 2.75) is 26.8 Å². The lowest BCUT2D eigenvalue weighted by Gasteiger charge is -2.04. The van der Waals surface area contributed by atoms with E-state index in [9.17, 15) is 9.59 Å². The van der Waals surface area contributed by atoms with Gasteiger partial charge in [-0.3, -0.25) is 14.3 Å². The Morgan fingerprint density at radius 3 is 2.72 bits per heavy atom. The lowest BCUT2D eigenvalue weighted by molar-refractivity contribution is -0.136. The van der Waals surface area contributed by atoms with Crippen LogP contribution in [0.1, 0.15) is 17.0 Å². The van der Waals surface area contributed by atoms with E-state index in [1.807, 2.05) is 0 Å². The molecule has 0 aliphatic carbocycles. The average Bonchev–Trinajstić information content (AvgIpc) is 2.54. The summed E-state index contributed by atoms with van der Waals surface area (Å²) in [7, 11) is 0. The second kappa shape index (κ2) is 5.87. The third-order valence-electron chi connectivity index (χ3n) is 2.54. The van der Waals surface area contributed by atoms with Crippen molar-refractivity contribution in [2.75, 3.05) is 6.54 Å². The number of amides is 1. The Hall–Kier alpha value is -2.29. The molecule has 0 saturated carbocycles. The topological polar surface area (TPSA) is 84.2 Å². The van der Waals surface area contributed by atoms with E-state index < -0.39 is 5.97 Å². The van der Waals surface area contributed by atoms with Gasteiger partial charge >= 0.3 is 5.97 Å². The Labute approximate surface area is 105 Å². The molecule has 1 aromatic rings. The Bertz CT molecular complexity index is 511. The second-order valence-electron chi connectivity index (χ2n) is 3.86. The molecule has 0 aromatic carbocycles. The van der Waals surface area contributed by atoms with Crippen LogP contribution < -0.4 is 5.32 Å². The van der Waals surface area contributed by atoms with Crippen LogP contribution in [0.4, 0.5) is 0 Å². The van der Waals surface area contributed by atoms with Gasteiger partial charge in [-0.15, -0.1) is 6.42 Å². The summed E-state index contributed by atoms with van der Waals surface area (Å²) in [6.45, 7) is 3.67. The Morgan fingerprint density at radius 1 is 1.50 bits per heavy atom. The van der Waals surface area contributed by atoms with Crippen molar-refractivity contribution in [1.29, 1.82) is 0 Å². The van der Waals surface area contributed by atoms with Crippen molar-refractivity contribution >= 4 is 11.9 Å². The van der Waals surface area contributed by atoms with Crippen LogP contribution in [0, 0.1) is 26.2 Å². The molecule has 0 bridgehead atoms. The SMILES string of the molecule is C#CCNC(=O)Cn1nc(C)c(CC(=O)O)c1C. The minimum Gasteiger partial charge on any atom is -0.481 e. The summed E-state index contributed by atoms with van der Waals surface area (Å²) >= 11 is 0. The summed E-state index contributed by atoms with van der Waals surface area (Å²) < 4.78 is 1.49. The maximum absolute atomic E-state index is 11.5. The smallest absolute Gasteiger partial charge is 0.307 e.